The summed E-state index contributed by atoms with van der Waals surface area (Å²) in [5.41, 5.74) is 2.30. The lowest BCUT2D eigenvalue weighted by Crippen LogP contribution is -2.37. The molecule has 4 heteroatoms. The highest BCUT2D eigenvalue weighted by atomic mass is 16.5. The summed E-state index contributed by atoms with van der Waals surface area (Å²) >= 11 is 0. The summed E-state index contributed by atoms with van der Waals surface area (Å²) in [5, 5.41) is 0. The minimum atomic E-state index is -0.558. The molecule has 0 aliphatic heterocycles. The van der Waals surface area contributed by atoms with Crippen molar-refractivity contribution in [2.24, 2.45) is 0 Å². The third-order valence-electron chi connectivity index (χ3n) is 3.62. The zero-order chi connectivity index (χ0) is 16.8. The largest absolute Gasteiger partial charge is 0.497 e. The van der Waals surface area contributed by atoms with Gasteiger partial charge in [-0.05, 0) is 31.5 Å². The van der Waals surface area contributed by atoms with Crippen molar-refractivity contribution in [1.29, 1.82) is 0 Å². The predicted octanol–water partition coefficient (Wildman–Crippen LogP) is 3.43. The van der Waals surface area contributed by atoms with Crippen molar-refractivity contribution >= 4 is 5.91 Å². The highest BCUT2D eigenvalue weighted by Gasteiger charge is 2.19. The van der Waals surface area contributed by atoms with Gasteiger partial charge in [-0.2, -0.15) is 0 Å². The van der Waals surface area contributed by atoms with Crippen molar-refractivity contribution in [3.63, 3.8) is 0 Å². The second-order valence-corrected chi connectivity index (χ2v) is 5.62. The standard InChI is InChI=1S/C19H23NO3/c1-14-8-10-16(11-9-14)13-20(3)19(21)15(2)23-18-7-5-6-17(12-18)22-4/h5-12,15H,13H2,1-4H3/t15-/m1/s1. The van der Waals surface area contributed by atoms with E-state index in [9.17, 15) is 4.79 Å². The molecule has 2 aromatic rings. The molecule has 23 heavy (non-hydrogen) atoms. The van der Waals surface area contributed by atoms with E-state index in [0.29, 0.717) is 18.0 Å². The highest BCUT2D eigenvalue weighted by Crippen LogP contribution is 2.20. The minimum Gasteiger partial charge on any atom is -0.497 e. The van der Waals surface area contributed by atoms with Crippen LogP contribution in [0.2, 0.25) is 0 Å². The summed E-state index contributed by atoms with van der Waals surface area (Å²) < 4.78 is 10.9. The van der Waals surface area contributed by atoms with Crippen LogP contribution in [0.25, 0.3) is 0 Å². The van der Waals surface area contributed by atoms with Gasteiger partial charge in [-0.25, -0.2) is 0 Å². The average molecular weight is 313 g/mol. The molecule has 1 atom stereocenters. The lowest BCUT2D eigenvalue weighted by Gasteiger charge is -2.22. The number of benzene rings is 2. The fourth-order valence-corrected chi connectivity index (χ4v) is 2.28. The van der Waals surface area contributed by atoms with Crippen LogP contribution in [0.4, 0.5) is 0 Å². The number of methoxy groups -OCH3 is 1. The third kappa shape index (κ3) is 4.74. The number of hydrogen-bond acceptors (Lipinski definition) is 3. The summed E-state index contributed by atoms with van der Waals surface area (Å²) in [6, 6.07) is 15.4. The molecular weight excluding hydrogens is 290 g/mol. The predicted molar refractivity (Wildman–Crippen MR) is 90.7 cm³/mol. The van der Waals surface area contributed by atoms with Gasteiger partial charge in [0.1, 0.15) is 11.5 Å². The molecule has 4 nitrogen and oxygen atoms in total. The summed E-state index contributed by atoms with van der Waals surface area (Å²) in [4.78, 5) is 14.1. The Labute approximate surface area is 137 Å². The molecule has 1 amide bonds. The van der Waals surface area contributed by atoms with Gasteiger partial charge in [0.25, 0.3) is 5.91 Å². The SMILES string of the molecule is COc1cccc(O[C@H](C)C(=O)N(C)Cc2ccc(C)cc2)c1. The van der Waals surface area contributed by atoms with Crippen LogP contribution in [-0.4, -0.2) is 31.1 Å². The Morgan fingerprint density at radius 1 is 1.13 bits per heavy atom. The molecule has 0 aliphatic carbocycles. The van der Waals surface area contributed by atoms with Crippen molar-refractivity contribution in [2.45, 2.75) is 26.5 Å². The Morgan fingerprint density at radius 3 is 2.43 bits per heavy atom. The summed E-state index contributed by atoms with van der Waals surface area (Å²) in [6.07, 6.45) is -0.558. The second kappa shape index (κ2) is 7.68. The molecular formula is C19H23NO3. The van der Waals surface area contributed by atoms with Crippen molar-refractivity contribution in [1.82, 2.24) is 4.90 Å². The molecule has 0 bridgehead atoms. The average Bonchev–Trinajstić information content (AvgIpc) is 2.56. The van der Waals surface area contributed by atoms with Gasteiger partial charge in [0.2, 0.25) is 0 Å². The molecule has 0 spiro atoms. The number of carbonyl (C=O) groups is 1. The Kier molecular flexibility index (Phi) is 5.63. The first-order valence-electron chi connectivity index (χ1n) is 7.61. The summed E-state index contributed by atoms with van der Waals surface area (Å²) in [7, 11) is 3.39. The van der Waals surface area contributed by atoms with Crippen LogP contribution >= 0.6 is 0 Å². The maximum atomic E-state index is 12.4. The molecule has 0 aliphatic rings. The van der Waals surface area contributed by atoms with Crippen LogP contribution in [0.3, 0.4) is 0 Å². The maximum Gasteiger partial charge on any atom is 0.263 e. The van der Waals surface area contributed by atoms with E-state index in [4.69, 9.17) is 9.47 Å². The van der Waals surface area contributed by atoms with Crippen LogP contribution < -0.4 is 9.47 Å². The lowest BCUT2D eigenvalue weighted by molar-refractivity contribution is -0.137. The van der Waals surface area contributed by atoms with Gasteiger partial charge < -0.3 is 14.4 Å². The number of likely N-dealkylation sites (N-methyl/N-ethyl adjacent to an activating group) is 1. The topological polar surface area (TPSA) is 38.8 Å². The number of carbonyl (C=O) groups excluding carboxylic acids is 1. The van der Waals surface area contributed by atoms with E-state index in [0.717, 1.165) is 5.56 Å². The smallest absolute Gasteiger partial charge is 0.263 e. The van der Waals surface area contributed by atoms with Gasteiger partial charge in [-0.3, -0.25) is 4.79 Å². The number of nitrogens with zero attached hydrogens (tertiary/aromatic N) is 1. The first kappa shape index (κ1) is 16.9. The molecule has 0 N–H and O–H groups in total. The fourth-order valence-electron chi connectivity index (χ4n) is 2.28. The second-order valence-electron chi connectivity index (χ2n) is 5.62. The number of ether oxygens (including phenoxy) is 2. The summed E-state index contributed by atoms with van der Waals surface area (Å²) in [6.45, 7) is 4.36. The molecule has 0 fully saturated rings. The van der Waals surface area contributed by atoms with Crippen molar-refractivity contribution < 1.29 is 14.3 Å². The van der Waals surface area contributed by atoms with Gasteiger partial charge in [-0.15, -0.1) is 0 Å². The number of rotatable bonds is 6. The Hall–Kier alpha value is -2.49. The van der Waals surface area contributed by atoms with Gasteiger partial charge in [0.05, 0.1) is 7.11 Å². The monoisotopic (exact) mass is 313 g/mol. The normalized spacial score (nSPS) is 11.7. The third-order valence-corrected chi connectivity index (χ3v) is 3.62. The Balaban J connectivity index is 1.96. The van der Waals surface area contributed by atoms with Crippen molar-refractivity contribution in [3.05, 3.63) is 59.7 Å². The molecule has 2 rings (SSSR count). The van der Waals surface area contributed by atoms with E-state index in [2.05, 4.69) is 0 Å². The zero-order valence-corrected chi connectivity index (χ0v) is 14.1. The van der Waals surface area contributed by atoms with Gasteiger partial charge in [0.15, 0.2) is 6.10 Å². The molecule has 0 unspecified atom stereocenters. The van der Waals surface area contributed by atoms with Gasteiger partial charge in [0, 0.05) is 19.7 Å². The first-order chi connectivity index (χ1) is 11.0. The number of hydrogen-bond donors (Lipinski definition) is 0. The molecule has 0 aromatic heterocycles. The maximum absolute atomic E-state index is 12.4. The van der Waals surface area contributed by atoms with E-state index in [1.54, 1.807) is 32.0 Å². The Morgan fingerprint density at radius 2 is 1.78 bits per heavy atom. The Bertz CT molecular complexity index is 652. The van der Waals surface area contributed by atoms with Crippen molar-refractivity contribution in [3.8, 4) is 11.5 Å². The highest BCUT2D eigenvalue weighted by molar-refractivity contribution is 5.80. The van der Waals surface area contributed by atoms with Gasteiger partial charge in [-0.1, -0.05) is 35.9 Å². The molecule has 0 radical (unpaired) electrons. The van der Waals surface area contributed by atoms with Crippen LogP contribution in [0, 0.1) is 6.92 Å². The number of aryl methyl sites for hydroxylation is 1. The van der Waals surface area contributed by atoms with E-state index < -0.39 is 6.10 Å². The zero-order valence-electron chi connectivity index (χ0n) is 14.1. The molecule has 2 aromatic carbocycles. The van der Waals surface area contributed by atoms with Gasteiger partial charge >= 0.3 is 0 Å². The minimum absolute atomic E-state index is 0.0617. The van der Waals surface area contributed by atoms with E-state index in [1.165, 1.54) is 5.56 Å². The van der Waals surface area contributed by atoms with Crippen LogP contribution in [0.5, 0.6) is 11.5 Å². The van der Waals surface area contributed by atoms with E-state index in [1.807, 2.05) is 49.4 Å². The molecule has 122 valence electrons. The number of amides is 1. The van der Waals surface area contributed by atoms with Crippen molar-refractivity contribution in [2.75, 3.05) is 14.2 Å². The summed E-state index contributed by atoms with van der Waals surface area (Å²) in [5.74, 6) is 1.26. The van der Waals surface area contributed by atoms with E-state index >= 15 is 0 Å². The first-order valence-corrected chi connectivity index (χ1v) is 7.61. The quantitative estimate of drug-likeness (QED) is 0.820. The molecule has 0 heterocycles. The fraction of sp³-hybridized carbons (Fsp3) is 0.316. The molecule has 0 saturated carbocycles. The van der Waals surface area contributed by atoms with Crippen LogP contribution in [-0.2, 0) is 11.3 Å². The van der Waals surface area contributed by atoms with Crippen LogP contribution in [0.15, 0.2) is 48.5 Å². The lowest BCUT2D eigenvalue weighted by atomic mass is 10.1. The van der Waals surface area contributed by atoms with Crippen LogP contribution in [0.1, 0.15) is 18.1 Å². The molecule has 0 saturated heterocycles. The van der Waals surface area contributed by atoms with E-state index in [-0.39, 0.29) is 5.91 Å².